The van der Waals surface area contributed by atoms with Gasteiger partial charge in [0.25, 0.3) is 0 Å². The molecule has 0 aromatic rings. The largest absolute Gasteiger partial charge is 0.469 e. The van der Waals surface area contributed by atoms with Crippen LogP contribution < -0.4 is 0 Å². The van der Waals surface area contributed by atoms with E-state index in [0.717, 1.165) is 6.92 Å². The molecule has 2 atom stereocenters. The first kappa shape index (κ1) is 12.7. The molecule has 0 amide bonds. The molecule has 0 aromatic heterocycles. The van der Waals surface area contributed by atoms with Crippen LogP contribution in [0.5, 0.6) is 0 Å². The third kappa shape index (κ3) is 5.87. The fourth-order valence-corrected chi connectivity index (χ4v) is 0.882. The van der Waals surface area contributed by atoms with E-state index in [0.29, 0.717) is 0 Å². The third-order valence-corrected chi connectivity index (χ3v) is 1.68. The molecule has 78 valence electrons. The fraction of sp³-hybridized carbons (Fsp3) is 0.800. The predicted molar refractivity (Wildman–Crippen MR) is 40.7 cm³/mol. The Hall–Kier alpha value is -0.300. The maximum Gasteiger partial charge on any atom is 0.469 e. The van der Waals surface area contributed by atoms with Crippen molar-refractivity contribution < 1.29 is 33.9 Å². The zero-order valence-electron chi connectivity index (χ0n) is 6.82. The van der Waals surface area contributed by atoms with Gasteiger partial charge in [0.15, 0.2) is 5.78 Å². The lowest BCUT2D eigenvalue weighted by molar-refractivity contribution is -0.132. The topological polar surface area (TPSA) is 124 Å². The van der Waals surface area contributed by atoms with Gasteiger partial charge in [-0.1, -0.05) is 0 Å². The Morgan fingerprint density at radius 3 is 2.23 bits per heavy atom. The predicted octanol–water partition coefficient (Wildman–Crippen LogP) is -1.59. The minimum absolute atomic E-state index is 0.707. The molecule has 4 N–H and O–H groups in total. The first-order valence-corrected chi connectivity index (χ1v) is 4.83. The maximum atomic E-state index is 10.5. The number of Topliss-reactive ketones (excluding diaryl/α,β-unsaturated/α-hetero) is 1. The lowest BCUT2D eigenvalue weighted by Crippen LogP contribution is -2.35. The highest BCUT2D eigenvalue weighted by Gasteiger charge is 2.24. The Morgan fingerprint density at radius 2 is 1.92 bits per heavy atom. The molecule has 7 nitrogen and oxygen atoms in total. The second kappa shape index (κ2) is 4.80. The first-order chi connectivity index (χ1) is 5.74. The Balaban J connectivity index is 3.95. The van der Waals surface area contributed by atoms with Crippen molar-refractivity contribution >= 4 is 13.6 Å². The summed E-state index contributed by atoms with van der Waals surface area (Å²) in [4.78, 5) is 26.8. The van der Waals surface area contributed by atoms with Crippen LogP contribution in [0.1, 0.15) is 6.92 Å². The Bertz CT molecular complexity index is 221. The molecule has 0 heterocycles. The quantitative estimate of drug-likeness (QED) is 0.406. The maximum absolute atomic E-state index is 10.5. The molecule has 0 unspecified atom stereocenters. The van der Waals surface area contributed by atoms with Gasteiger partial charge in [0, 0.05) is 0 Å². The summed E-state index contributed by atoms with van der Waals surface area (Å²) in [5.74, 6) is -0.707. The van der Waals surface area contributed by atoms with Gasteiger partial charge in [-0.25, -0.2) is 4.57 Å². The number of aliphatic hydroxyl groups excluding tert-OH is 2. The van der Waals surface area contributed by atoms with Gasteiger partial charge < -0.3 is 20.0 Å². The van der Waals surface area contributed by atoms with Crippen molar-refractivity contribution in [2.45, 2.75) is 19.1 Å². The number of rotatable bonds is 5. The summed E-state index contributed by atoms with van der Waals surface area (Å²) in [7, 11) is -4.67. The Morgan fingerprint density at radius 1 is 1.46 bits per heavy atom. The summed E-state index contributed by atoms with van der Waals surface area (Å²) in [6.45, 7) is 0.233. The van der Waals surface area contributed by atoms with Gasteiger partial charge in [-0.2, -0.15) is 0 Å². The van der Waals surface area contributed by atoms with E-state index in [1.54, 1.807) is 0 Å². The zero-order chi connectivity index (χ0) is 10.6. The second-order valence-electron chi connectivity index (χ2n) is 2.41. The molecule has 0 bridgehead atoms. The number of hydrogen-bond acceptors (Lipinski definition) is 5. The van der Waals surface area contributed by atoms with Crippen molar-refractivity contribution in [1.82, 2.24) is 0 Å². The average molecular weight is 214 g/mol. The molecular weight excluding hydrogens is 203 g/mol. The molecule has 0 aliphatic heterocycles. The number of phosphoric acid groups is 1. The molecular formula is C5H11O7P. The van der Waals surface area contributed by atoms with Gasteiger partial charge in [-0.15, -0.1) is 0 Å². The van der Waals surface area contributed by atoms with Crippen LogP contribution in [0.3, 0.4) is 0 Å². The summed E-state index contributed by atoms with van der Waals surface area (Å²) in [5.41, 5.74) is 0. The fourth-order valence-electron chi connectivity index (χ4n) is 0.536. The molecule has 0 aliphatic carbocycles. The summed E-state index contributed by atoms with van der Waals surface area (Å²) in [6.07, 6.45) is -3.32. The van der Waals surface area contributed by atoms with Crippen LogP contribution in [0.4, 0.5) is 0 Å². The molecule has 0 spiro atoms. The van der Waals surface area contributed by atoms with Crippen molar-refractivity contribution in [3.8, 4) is 0 Å². The van der Waals surface area contributed by atoms with Gasteiger partial charge in [0.2, 0.25) is 0 Å². The van der Waals surface area contributed by atoms with E-state index in [-0.39, 0.29) is 0 Å². The van der Waals surface area contributed by atoms with Crippen LogP contribution in [0.25, 0.3) is 0 Å². The van der Waals surface area contributed by atoms with E-state index in [2.05, 4.69) is 4.52 Å². The average Bonchev–Trinajstić information content (AvgIpc) is 1.97. The SMILES string of the molecule is CC(=O)[C@@H](O)[C@@H](O)COP(=O)(O)O. The highest BCUT2D eigenvalue weighted by atomic mass is 31.2. The number of ketones is 1. The summed E-state index contributed by atoms with van der Waals surface area (Å²) >= 11 is 0. The summed E-state index contributed by atoms with van der Waals surface area (Å²) in [5, 5.41) is 17.8. The number of phosphoric ester groups is 1. The standard InChI is InChI=1S/C5H11O7P/c1-3(6)5(8)4(7)2-12-13(9,10)11/h4-5,7-8H,2H2,1H3,(H2,9,10,11)/t4-,5+/m0/s1. The molecule has 0 aliphatic rings. The molecule has 0 saturated carbocycles. The molecule has 0 saturated heterocycles. The van der Waals surface area contributed by atoms with Crippen molar-refractivity contribution in [3.63, 3.8) is 0 Å². The molecule has 0 fully saturated rings. The van der Waals surface area contributed by atoms with Gasteiger partial charge in [-0.05, 0) is 6.92 Å². The van der Waals surface area contributed by atoms with E-state index in [9.17, 15) is 9.36 Å². The number of aliphatic hydroxyl groups is 2. The van der Waals surface area contributed by atoms with E-state index < -0.39 is 32.4 Å². The number of carbonyl (C=O) groups is 1. The third-order valence-electron chi connectivity index (χ3n) is 1.19. The van der Waals surface area contributed by atoms with E-state index in [4.69, 9.17) is 20.0 Å². The zero-order valence-corrected chi connectivity index (χ0v) is 7.72. The number of carbonyl (C=O) groups excluding carboxylic acids is 1. The molecule has 0 radical (unpaired) electrons. The number of hydrogen-bond donors (Lipinski definition) is 4. The van der Waals surface area contributed by atoms with E-state index in [1.165, 1.54) is 0 Å². The minimum Gasteiger partial charge on any atom is -0.388 e. The smallest absolute Gasteiger partial charge is 0.388 e. The first-order valence-electron chi connectivity index (χ1n) is 3.30. The summed E-state index contributed by atoms with van der Waals surface area (Å²) in [6, 6.07) is 0. The summed E-state index contributed by atoms with van der Waals surface area (Å²) < 4.78 is 14.0. The van der Waals surface area contributed by atoms with Gasteiger partial charge in [-0.3, -0.25) is 9.32 Å². The van der Waals surface area contributed by atoms with Crippen LogP contribution in [-0.4, -0.2) is 44.6 Å². The van der Waals surface area contributed by atoms with Crippen molar-refractivity contribution in [2.24, 2.45) is 0 Å². The Labute approximate surface area is 74.2 Å². The van der Waals surface area contributed by atoms with Crippen molar-refractivity contribution in [2.75, 3.05) is 6.61 Å². The highest BCUT2D eigenvalue weighted by molar-refractivity contribution is 7.46. The second-order valence-corrected chi connectivity index (χ2v) is 3.65. The molecule has 13 heavy (non-hydrogen) atoms. The van der Waals surface area contributed by atoms with Crippen LogP contribution in [0, 0.1) is 0 Å². The molecule has 0 aromatic carbocycles. The van der Waals surface area contributed by atoms with Crippen molar-refractivity contribution in [3.05, 3.63) is 0 Å². The normalized spacial score (nSPS) is 16.7. The van der Waals surface area contributed by atoms with E-state index >= 15 is 0 Å². The Kier molecular flexibility index (Phi) is 4.69. The van der Waals surface area contributed by atoms with Gasteiger partial charge in [0.1, 0.15) is 12.2 Å². The van der Waals surface area contributed by atoms with Crippen LogP contribution >= 0.6 is 7.82 Å². The van der Waals surface area contributed by atoms with Crippen LogP contribution in [0.2, 0.25) is 0 Å². The molecule has 8 heteroatoms. The highest BCUT2D eigenvalue weighted by Crippen LogP contribution is 2.35. The van der Waals surface area contributed by atoms with E-state index in [1.807, 2.05) is 0 Å². The van der Waals surface area contributed by atoms with Crippen LogP contribution in [0.15, 0.2) is 0 Å². The van der Waals surface area contributed by atoms with Crippen LogP contribution in [-0.2, 0) is 13.9 Å². The molecule has 0 rings (SSSR count). The minimum atomic E-state index is -4.67. The lowest BCUT2D eigenvalue weighted by Gasteiger charge is -2.15. The van der Waals surface area contributed by atoms with Gasteiger partial charge >= 0.3 is 7.82 Å². The van der Waals surface area contributed by atoms with Gasteiger partial charge in [0.05, 0.1) is 6.61 Å². The monoisotopic (exact) mass is 214 g/mol. The lowest BCUT2D eigenvalue weighted by atomic mass is 10.1. The van der Waals surface area contributed by atoms with Crippen molar-refractivity contribution in [1.29, 1.82) is 0 Å².